The van der Waals surface area contributed by atoms with Gasteiger partial charge < -0.3 is 5.11 Å². The maximum absolute atomic E-state index is 12.4. The van der Waals surface area contributed by atoms with Crippen molar-refractivity contribution in [3.05, 3.63) is 39.9 Å². The van der Waals surface area contributed by atoms with Gasteiger partial charge in [-0.25, -0.2) is 4.68 Å². The molecule has 0 aromatic carbocycles. The van der Waals surface area contributed by atoms with Crippen LogP contribution in [0.3, 0.4) is 0 Å². The molecule has 1 unspecified atom stereocenters. The van der Waals surface area contributed by atoms with Gasteiger partial charge in [-0.15, -0.1) is 5.10 Å². The van der Waals surface area contributed by atoms with Gasteiger partial charge in [0.25, 0.3) is 0 Å². The topological polar surface area (TPSA) is 63.8 Å². The van der Waals surface area contributed by atoms with Gasteiger partial charge in [0.2, 0.25) is 0 Å². The second kappa shape index (κ2) is 4.89. The first-order valence-corrected chi connectivity index (χ1v) is 5.86. The van der Waals surface area contributed by atoms with Gasteiger partial charge in [-0.3, -0.25) is 4.98 Å². The minimum Gasteiger partial charge on any atom is -0.380 e. The van der Waals surface area contributed by atoms with Crippen LogP contribution in [0.2, 0.25) is 0 Å². The predicted octanol–water partition coefficient (Wildman–Crippen LogP) is 2.07. The van der Waals surface area contributed by atoms with Crippen LogP contribution in [-0.4, -0.2) is 25.1 Å². The zero-order valence-corrected chi connectivity index (χ0v) is 11.1. The molecule has 0 saturated carbocycles. The number of rotatable bonds is 2. The van der Waals surface area contributed by atoms with E-state index < -0.39 is 17.8 Å². The lowest BCUT2D eigenvalue weighted by Crippen LogP contribution is -2.11. The number of halogens is 4. The molecular formula is C10H8BrF3N4O. The Morgan fingerprint density at radius 2 is 2.05 bits per heavy atom. The lowest BCUT2D eigenvalue weighted by Gasteiger charge is -2.12. The molecule has 2 aromatic rings. The summed E-state index contributed by atoms with van der Waals surface area (Å²) in [6.07, 6.45) is -4.99. The minimum atomic E-state index is -4.45. The smallest absolute Gasteiger partial charge is 0.380 e. The molecule has 1 atom stereocenters. The summed E-state index contributed by atoms with van der Waals surface area (Å²) in [6.45, 7) is 0. The van der Waals surface area contributed by atoms with Crippen molar-refractivity contribution in [3.8, 4) is 0 Å². The molecule has 19 heavy (non-hydrogen) atoms. The molecule has 0 aliphatic rings. The summed E-state index contributed by atoms with van der Waals surface area (Å²) in [5, 5.41) is 17.4. The second-order valence-corrected chi connectivity index (χ2v) is 4.51. The summed E-state index contributed by atoms with van der Waals surface area (Å²) in [4.78, 5) is 3.62. The van der Waals surface area contributed by atoms with Gasteiger partial charge in [-0.2, -0.15) is 13.2 Å². The minimum absolute atomic E-state index is 0.0825. The molecule has 5 nitrogen and oxygen atoms in total. The summed E-state index contributed by atoms with van der Waals surface area (Å²) < 4.78 is 38.8. The largest absolute Gasteiger partial charge is 0.417 e. The quantitative estimate of drug-likeness (QED) is 0.911. The number of hydrogen-bond donors (Lipinski definition) is 1. The van der Waals surface area contributed by atoms with Crippen molar-refractivity contribution in [2.24, 2.45) is 7.05 Å². The lowest BCUT2D eigenvalue weighted by atomic mass is 10.1. The maximum atomic E-state index is 12.4. The predicted molar refractivity (Wildman–Crippen MR) is 62.0 cm³/mol. The standard InChI is InChI=1S/C10H8BrF3N4O/c1-18-7(9(11)16-17-18)8(19)6-3-2-5(4-15-6)10(12,13)14/h2-4,8,19H,1H3. The van der Waals surface area contributed by atoms with E-state index in [9.17, 15) is 18.3 Å². The number of pyridine rings is 1. The molecule has 0 radical (unpaired) electrons. The number of aliphatic hydroxyl groups excluding tert-OH is 1. The Bertz CT molecular complexity index is 562. The van der Waals surface area contributed by atoms with Crippen LogP contribution in [0.5, 0.6) is 0 Å². The third-order valence-corrected chi connectivity index (χ3v) is 3.04. The van der Waals surface area contributed by atoms with E-state index in [1.165, 1.54) is 4.68 Å². The van der Waals surface area contributed by atoms with E-state index in [0.717, 1.165) is 12.1 Å². The molecular weight excluding hydrogens is 329 g/mol. The van der Waals surface area contributed by atoms with Gasteiger partial charge in [0, 0.05) is 13.2 Å². The van der Waals surface area contributed by atoms with Crippen molar-refractivity contribution in [2.45, 2.75) is 12.3 Å². The molecule has 0 aliphatic carbocycles. The van der Waals surface area contributed by atoms with Gasteiger partial charge in [0.15, 0.2) is 4.60 Å². The third kappa shape index (κ3) is 2.76. The van der Waals surface area contributed by atoms with Gasteiger partial charge >= 0.3 is 6.18 Å². The Balaban J connectivity index is 2.33. The molecule has 2 rings (SSSR count). The van der Waals surface area contributed by atoms with Gasteiger partial charge in [0.05, 0.1) is 11.3 Å². The first kappa shape index (κ1) is 13.9. The van der Waals surface area contributed by atoms with Crippen LogP contribution in [-0.2, 0) is 13.2 Å². The summed E-state index contributed by atoms with van der Waals surface area (Å²) in [7, 11) is 1.56. The van der Waals surface area contributed by atoms with Gasteiger partial charge in [-0.05, 0) is 28.1 Å². The molecule has 9 heteroatoms. The van der Waals surface area contributed by atoms with Crippen molar-refractivity contribution in [1.82, 2.24) is 20.0 Å². The van der Waals surface area contributed by atoms with Crippen LogP contribution in [0.4, 0.5) is 13.2 Å². The normalized spacial score (nSPS) is 13.6. The zero-order valence-electron chi connectivity index (χ0n) is 9.56. The molecule has 0 aliphatic heterocycles. The van der Waals surface area contributed by atoms with E-state index in [4.69, 9.17) is 0 Å². The van der Waals surface area contributed by atoms with E-state index in [0.29, 0.717) is 16.5 Å². The summed E-state index contributed by atoms with van der Waals surface area (Å²) in [5.41, 5.74) is -0.475. The summed E-state index contributed by atoms with van der Waals surface area (Å²) >= 11 is 3.10. The number of alkyl halides is 3. The number of nitrogens with zero attached hydrogens (tertiary/aromatic N) is 4. The molecule has 2 heterocycles. The molecule has 1 N–H and O–H groups in total. The molecule has 0 amide bonds. The Morgan fingerprint density at radius 3 is 2.47 bits per heavy atom. The van der Waals surface area contributed by atoms with Crippen LogP contribution in [0, 0.1) is 0 Å². The Morgan fingerprint density at radius 1 is 1.37 bits per heavy atom. The number of hydrogen-bond acceptors (Lipinski definition) is 4. The van der Waals surface area contributed by atoms with Crippen molar-refractivity contribution < 1.29 is 18.3 Å². The van der Waals surface area contributed by atoms with Crippen LogP contribution in [0.15, 0.2) is 22.9 Å². The molecule has 0 saturated heterocycles. The average molecular weight is 337 g/mol. The second-order valence-electron chi connectivity index (χ2n) is 3.76. The Hall–Kier alpha value is -1.48. The van der Waals surface area contributed by atoms with E-state index in [-0.39, 0.29) is 5.69 Å². The number of aliphatic hydroxyl groups is 1. The number of aryl methyl sites for hydroxylation is 1. The van der Waals surface area contributed by atoms with Crippen molar-refractivity contribution in [2.75, 3.05) is 0 Å². The lowest BCUT2D eigenvalue weighted by molar-refractivity contribution is -0.137. The van der Waals surface area contributed by atoms with Crippen LogP contribution in [0.1, 0.15) is 23.1 Å². The molecule has 102 valence electrons. The molecule has 2 aromatic heterocycles. The average Bonchev–Trinajstić information content (AvgIpc) is 2.67. The fourth-order valence-corrected chi connectivity index (χ4v) is 2.05. The Labute approximate surface area is 114 Å². The maximum Gasteiger partial charge on any atom is 0.417 e. The summed E-state index contributed by atoms with van der Waals surface area (Å²) in [6, 6.07) is 1.98. The highest BCUT2D eigenvalue weighted by molar-refractivity contribution is 9.10. The van der Waals surface area contributed by atoms with E-state index in [1.54, 1.807) is 7.05 Å². The van der Waals surface area contributed by atoms with Crippen molar-refractivity contribution in [3.63, 3.8) is 0 Å². The van der Waals surface area contributed by atoms with Crippen LogP contribution in [0.25, 0.3) is 0 Å². The van der Waals surface area contributed by atoms with Crippen LogP contribution >= 0.6 is 15.9 Å². The fraction of sp³-hybridized carbons (Fsp3) is 0.300. The van der Waals surface area contributed by atoms with Gasteiger partial charge in [0.1, 0.15) is 11.8 Å². The highest BCUT2D eigenvalue weighted by Gasteiger charge is 2.31. The van der Waals surface area contributed by atoms with Crippen molar-refractivity contribution >= 4 is 15.9 Å². The zero-order chi connectivity index (χ0) is 14.2. The van der Waals surface area contributed by atoms with Crippen molar-refractivity contribution in [1.29, 1.82) is 0 Å². The molecule has 0 bridgehead atoms. The highest BCUT2D eigenvalue weighted by Crippen LogP contribution is 2.30. The monoisotopic (exact) mass is 336 g/mol. The highest BCUT2D eigenvalue weighted by atomic mass is 79.9. The third-order valence-electron chi connectivity index (χ3n) is 2.48. The number of aromatic nitrogens is 4. The fourth-order valence-electron chi connectivity index (χ4n) is 1.50. The molecule has 0 fully saturated rings. The first-order valence-electron chi connectivity index (χ1n) is 5.07. The first-order chi connectivity index (χ1) is 8.80. The summed E-state index contributed by atoms with van der Waals surface area (Å²) in [5.74, 6) is 0. The molecule has 0 spiro atoms. The Kier molecular flexibility index (Phi) is 3.59. The van der Waals surface area contributed by atoms with Crippen LogP contribution < -0.4 is 0 Å². The van der Waals surface area contributed by atoms with E-state index in [2.05, 4.69) is 31.2 Å². The SMILES string of the molecule is Cn1nnc(Br)c1C(O)c1ccc(C(F)(F)F)cn1. The van der Waals surface area contributed by atoms with E-state index in [1.807, 2.05) is 0 Å². The van der Waals surface area contributed by atoms with E-state index >= 15 is 0 Å². The van der Waals surface area contributed by atoms with Gasteiger partial charge in [-0.1, -0.05) is 5.21 Å².